The maximum atomic E-state index is 12.3. The molecule has 0 aromatic heterocycles. The first-order valence-electron chi connectivity index (χ1n) is 4.50. The molecule has 0 amide bonds. The van der Waals surface area contributed by atoms with Gasteiger partial charge < -0.3 is 5.73 Å². The molecule has 0 saturated heterocycles. The second-order valence-electron chi connectivity index (χ2n) is 3.32. The highest BCUT2D eigenvalue weighted by atomic mass is 35.5. The summed E-state index contributed by atoms with van der Waals surface area (Å²) in [5.74, 6) is -0.416. The van der Waals surface area contributed by atoms with Gasteiger partial charge in [0, 0.05) is 10.6 Å². The number of rotatable bonds is 3. The Morgan fingerprint density at radius 3 is 2.53 bits per heavy atom. The van der Waals surface area contributed by atoms with Crippen molar-refractivity contribution in [2.75, 3.05) is 5.73 Å². The molecule has 0 aliphatic carbocycles. The predicted octanol–water partition coefficient (Wildman–Crippen LogP) is 3.75. The Morgan fingerprint density at radius 2 is 2.06 bits per heavy atom. The van der Waals surface area contributed by atoms with Crippen molar-refractivity contribution in [3.63, 3.8) is 0 Å². The normalized spacial score (nSPS) is 13.5. The van der Waals surface area contributed by atoms with Gasteiger partial charge in [0.2, 0.25) is 0 Å². The molecule has 0 saturated carbocycles. The summed E-state index contributed by atoms with van der Waals surface area (Å²) in [6, 6.07) is 3.91. The molecule has 0 heterocycles. The molecule has 94 valence electrons. The van der Waals surface area contributed by atoms with Gasteiger partial charge in [-0.15, -0.1) is 11.6 Å². The number of Topliss-reactive ketones (excluding diaryl/α,β-unsaturated/α-hetero) is 1. The average Bonchev–Trinajstić information content (AvgIpc) is 2.14. The third-order valence-electron chi connectivity index (χ3n) is 1.89. The number of thioether (sulfide) groups is 1. The summed E-state index contributed by atoms with van der Waals surface area (Å²) in [6.07, 6.45) is 0. The number of carbonyl (C=O) groups is 1. The fourth-order valence-corrected chi connectivity index (χ4v) is 2.20. The van der Waals surface area contributed by atoms with Crippen LogP contribution in [-0.4, -0.2) is 11.3 Å². The lowest BCUT2D eigenvalue weighted by Gasteiger charge is -2.14. The Kier molecular flexibility index (Phi) is 4.32. The van der Waals surface area contributed by atoms with Crippen molar-refractivity contribution < 1.29 is 18.0 Å². The highest BCUT2D eigenvalue weighted by Crippen LogP contribution is 2.42. The SMILES string of the molecule is CC(=O)C(Cl)c1ccc(N)cc1SC(F)(F)F. The monoisotopic (exact) mass is 283 g/mol. The average molecular weight is 284 g/mol. The van der Waals surface area contributed by atoms with Crippen LogP contribution in [0.4, 0.5) is 18.9 Å². The van der Waals surface area contributed by atoms with Gasteiger partial charge in [-0.05, 0) is 36.4 Å². The number of halogens is 4. The molecule has 1 unspecified atom stereocenters. The highest BCUT2D eigenvalue weighted by molar-refractivity contribution is 8.00. The zero-order valence-electron chi connectivity index (χ0n) is 8.72. The zero-order valence-corrected chi connectivity index (χ0v) is 10.3. The van der Waals surface area contributed by atoms with Crippen LogP contribution in [0.2, 0.25) is 0 Å². The molecule has 17 heavy (non-hydrogen) atoms. The molecule has 7 heteroatoms. The van der Waals surface area contributed by atoms with Gasteiger partial charge >= 0.3 is 5.51 Å². The Morgan fingerprint density at radius 1 is 1.47 bits per heavy atom. The van der Waals surface area contributed by atoms with Crippen molar-refractivity contribution in [2.45, 2.75) is 22.7 Å². The van der Waals surface area contributed by atoms with Crippen molar-refractivity contribution in [1.82, 2.24) is 0 Å². The summed E-state index contributed by atoms with van der Waals surface area (Å²) < 4.78 is 36.9. The van der Waals surface area contributed by atoms with Crippen LogP contribution in [0.25, 0.3) is 0 Å². The number of nitrogen functional groups attached to an aromatic ring is 1. The van der Waals surface area contributed by atoms with Crippen molar-refractivity contribution in [1.29, 1.82) is 0 Å². The van der Waals surface area contributed by atoms with Crippen molar-refractivity contribution >= 4 is 34.8 Å². The Bertz CT molecular complexity index is 436. The number of alkyl halides is 4. The molecule has 1 aromatic carbocycles. The molecule has 1 atom stereocenters. The molecule has 0 bridgehead atoms. The summed E-state index contributed by atoms with van der Waals surface area (Å²) in [5, 5.41) is -1.10. The van der Waals surface area contributed by atoms with Gasteiger partial charge in [-0.1, -0.05) is 6.07 Å². The number of ketones is 1. The first-order chi connectivity index (χ1) is 7.70. The standard InChI is InChI=1S/C10H9ClF3NOS/c1-5(16)9(11)7-3-2-6(15)4-8(7)17-10(12,13)14/h2-4,9H,15H2,1H3. The van der Waals surface area contributed by atoms with Crippen molar-refractivity contribution in [3.8, 4) is 0 Å². The van der Waals surface area contributed by atoms with E-state index in [1.165, 1.54) is 19.1 Å². The largest absolute Gasteiger partial charge is 0.446 e. The number of hydrogen-bond donors (Lipinski definition) is 1. The van der Waals surface area contributed by atoms with Crippen LogP contribution in [0.15, 0.2) is 23.1 Å². The lowest BCUT2D eigenvalue weighted by Crippen LogP contribution is -2.07. The topological polar surface area (TPSA) is 43.1 Å². The molecule has 0 aliphatic heterocycles. The van der Waals surface area contributed by atoms with E-state index in [1.54, 1.807) is 0 Å². The van der Waals surface area contributed by atoms with Crippen LogP contribution in [-0.2, 0) is 4.79 Å². The minimum absolute atomic E-state index is 0.121. The van der Waals surface area contributed by atoms with Gasteiger partial charge in [0.15, 0.2) is 5.78 Å². The maximum Gasteiger partial charge on any atom is 0.446 e. The van der Waals surface area contributed by atoms with Gasteiger partial charge in [-0.3, -0.25) is 4.79 Å². The number of nitrogens with two attached hydrogens (primary N) is 1. The number of benzene rings is 1. The summed E-state index contributed by atoms with van der Waals surface area (Å²) in [7, 11) is 0. The molecule has 0 fully saturated rings. The molecule has 0 radical (unpaired) electrons. The predicted molar refractivity (Wildman–Crippen MR) is 62.0 cm³/mol. The second kappa shape index (κ2) is 5.18. The number of anilines is 1. The first-order valence-corrected chi connectivity index (χ1v) is 5.75. The fourth-order valence-electron chi connectivity index (χ4n) is 1.19. The lowest BCUT2D eigenvalue weighted by atomic mass is 10.1. The van der Waals surface area contributed by atoms with E-state index in [0.29, 0.717) is 0 Å². The third-order valence-corrected chi connectivity index (χ3v) is 3.24. The summed E-state index contributed by atoms with van der Waals surface area (Å²) >= 11 is 5.43. The van der Waals surface area contributed by atoms with Crippen LogP contribution < -0.4 is 5.73 Å². The zero-order chi connectivity index (χ0) is 13.2. The molecular formula is C10H9ClF3NOS. The van der Waals surface area contributed by atoms with Crippen molar-refractivity contribution in [3.05, 3.63) is 23.8 Å². The van der Waals surface area contributed by atoms with Crippen LogP contribution >= 0.6 is 23.4 Å². The van der Waals surface area contributed by atoms with Crippen LogP contribution in [0, 0.1) is 0 Å². The minimum Gasteiger partial charge on any atom is -0.399 e. The number of hydrogen-bond acceptors (Lipinski definition) is 3. The summed E-state index contributed by atoms with van der Waals surface area (Å²) in [4.78, 5) is 10.9. The summed E-state index contributed by atoms with van der Waals surface area (Å²) in [5.41, 5.74) is 1.27. The van der Waals surface area contributed by atoms with Gasteiger partial charge in [0.05, 0.1) is 0 Å². The van der Waals surface area contributed by atoms with E-state index in [9.17, 15) is 18.0 Å². The van der Waals surface area contributed by atoms with Crippen molar-refractivity contribution in [2.24, 2.45) is 0 Å². The fraction of sp³-hybridized carbons (Fsp3) is 0.300. The van der Waals surface area contributed by atoms with Crippen LogP contribution in [0.3, 0.4) is 0 Å². The van der Waals surface area contributed by atoms with Crippen LogP contribution in [0.5, 0.6) is 0 Å². The van der Waals surface area contributed by atoms with E-state index >= 15 is 0 Å². The second-order valence-corrected chi connectivity index (χ2v) is 4.86. The Labute approximate surface area is 105 Å². The Balaban J connectivity index is 3.17. The minimum atomic E-state index is -4.45. The first kappa shape index (κ1) is 14.2. The molecule has 0 aliphatic rings. The molecule has 1 rings (SSSR count). The van der Waals surface area contributed by atoms with E-state index in [1.807, 2.05) is 0 Å². The maximum absolute atomic E-state index is 12.3. The van der Waals surface area contributed by atoms with Gasteiger partial charge in [-0.2, -0.15) is 13.2 Å². The quantitative estimate of drug-likeness (QED) is 0.522. The van der Waals surface area contributed by atoms with E-state index in [-0.39, 0.29) is 27.9 Å². The van der Waals surface area contributed by atoms with Crippen LogP contribution in [0.1, 0.15) is 17.9 Å². The van der Waals surface area contributed by atoms with Gasteiger partial charge in [0.25, 0.3) is 0 Å². The molecular weight excluding hydrogens is 275 g/mol. The highest BCUT2D eigenvalue weighted by Gasteiger charge is 2.32. The van der Waals surface area contributed by atoms with E-state index in [0.717, 1.165) is 6.07 Å². The Hall–Kier alpha value is -0.880. The molecule has 2 nitrogen and oxygen atoms in total. The van der Waals surface area contributed by atoms with E-state index < -0.39 is 16.7 Å². The van der Waals surface area contributed by atoms with Gasteiger partial charge in [0.1, 0.15) is 5.38 Å². The molecule has 2 N–H and O–H groups in total. The van der Waals surface area contributed by atoms with Gasteiger partial charge in [-0.25, -0.2) is 0 Å². The lowest BCUT2D eigenvalue weighted by molar-refractivity contribution is -0.116. The smallest absolute Gasteiger partial charge is 0.399 e. The summed E-state index contributed by atoms with van der Waals surface area (Å²) in [6.45, 7) is 1.22. The third kappa shape index (κ3) is 4.12. The molecule has 0 spiro atoms. The molecule has 1 aromatic rings. The van der Waals surface area contributed by atoms with E-state index in [4.69, 9.17) is 17.3 Å². The van der Waals surface area contributed by atoms with E-state index in [2.05, 4.69) is 0 Å². The number of carbonyl (C=O) groups excluding carboxylic acids is 1.